The van der Waals surface area contributed by atoms with Crippen LogP contribution in [0.15, 0.2) is 72.5 Å². The predicted octanol–water partition coefficient (Wildman–Crippen LogP) is 6.98. The van der Waals surface area contributed by atoms with Gasteiger partial charge in [0.05, 0.1) is 11.3 Å². The number of anilines is 1. The van der Waals surface area contributed by atoms with Crippen molar-refractivity contribution in [3.8, 4) is 11.3 Å². The van der Waals surface area contributed by atoms with E-state index in [-0.39, 0.29) is 5.92 Å². The van der Waals surface area contributed by atoms with Crippen LogP contribution in [0.5, 0.6) is 0 Å². The molecule has 4 aromatic rings. The second-order valence-electron chi connectivity index (χ2n) is 8.72. The van der Waals surface area contributed by atoms with Crippen LogP contribution in [0.25, 0.3) is 11.3 Å². The minimum atomic E-state index is -4.35. The number of thiazole rings is 1. The molecule has 0 bridgehead atoms. The van der Waals surface area contributed by atoms with Crippen molar-refractivity contribution in [2.75, 3.05) is 18.0 Å². The number of halogens is 3. The summed E-state index contributed by atoms with van der Waals surface area (Å²) in [7, 11) is 0. The Hall–Kier alpha value is -3.26. The molecular formula is C27H25F3N4S. The van der Waals surface area contributed by atoms with E-state index in [1.54, 1.807) is 6.20 Å². The zero-order valence-electron chi connectivity index (χ0n) is 19.1. The highest BCUT2D eigenvalue weighted by molar-refractivity contribution is 7.10. The lowest BCUT2D eigenvalue weighted by atomic mass is 9.93. The molecule has 3 aromatic heterocycles. The fourth-order valence-electron chi connectivity index (χ4n) is 4.54. The van der Waals surface area contributed by atoms with Crippen LogP contribution in [-0.2, 0) is 12.6 Å². The van der Waals surface area contributed by atoms with Gasteiger partial charge in [-0.2, -0.15) is 13.2 Å². The molecule has 35 heavy (non-hydrogen) atoms. The third-order valence-corrected chi connectivity index (χ3v) is 7.32. The summed E-state index contributed by atoms with van der Waals surface area (Å²) in [5.41, 5.74) is 2.89. The predicted molar refractivity (Wildman–Crippen MR) is 133 cm³/mol. The Morgan fingerprint density at radius 2 is 1.71 bits per heavy atom. The average Bonchev–Trinajstić information content (AvgIpc) is 3.38. The number of aromatic nitrogens is 3. The summed E-state index contributed by atoms with van der Waals surface area (Å²) in [5, 5.41) is 2.82. The molecule has 8 heteroatoms. The minimum Gasteiger partial charge on any atom is -0.356 e. The normalized spacial score (nSPS) is 15.2. The lowest BCUT2D eigenvalue weighted by Gasteiger charge is -2.30. The molecule has 0 amide bonds. The first kappa shape index (κ1) is 23.5. The van der Waals surface area contributed by atoms with Crippen molar-refractivity contribution in [3.63, 3.8) is 0 Å². The van der Waals surface area contributed by atoms with Crippen LogP contribution in [0, 0.1) is 0 Å². The summed E-state index contributed by atoms with van der Waals surface area (Å²) in [6.45, 7) is 2.02. The number of hydrogen-bond donors (Lipinski definition) is 0. The summed E-state index contributed by atoms with van der Waals surface area (Å²) in [6.07, 6.45) is 5.41. The van der Waals surface area contributed by atoms with Crippen LogP contribution in [0.1, 0.15) is 46.9 Å². The summed E-state index contributed by atoms with van der Waals surface area (Å²) < 4.78 is 38.9. The Balaban J connectivity index is 1.47. The van der Waals surface area contributed by atoms with Gasteiger partial charge in [-0.25, -0.2) is 9.97 Å². The molecule has 0 radical (unpaired) electrons. The van der Waals surface area contributed by atoms with Gasteiger partial charge in [0.15, 0.2) is 0 Å². The molecule has 0 saturated carbocycles. The van der Waals surface area contributed by atoms with E-state index in [2.05, 4.69) is 16.0 Å². The maximum absolute atomic E-state index is 13.0. The summed E-state index contributed by atoms with van der Waals surface area (Å²) >= 11 is 1.52. The van der Waals surface area contributed by atoms with Gasteiger partial charge in [0.25, 0.3) is 0 Å². The minimum absolute atomic E-state index is 0.0374. The molecule has 1 aliphatic rings. The smallest absolute Gasteiger partial charge is 0.356 e. The van der Waals surface area contributed by atoms with Crippen LogP contribution in [0.3, 0.4) is 0 Å². The number of nitrogens with zero attached hydrogens (tertiary/aromatic N) is 4. The molecule has 0 spiro atoms. The van der Waals surface area contributed by atoms with Crippen molar-refractivity contribution in [3.05, 3.63) is 94.2 Å². The maximum Gasteiger partial charge on any atom is 0.416 e. The maximum atomic E-state index is 13.0. The molecule has 1 unspecified atom stereocenters. The molecule has 1 aromatic carbocycles. The SMILES string of the molecule is FC(F)(F)c1ccc(-c2csc(C(Cc3cccnc3N3CCCCC3)c3cccnc3)n2)cc1. The largest absolute Gasteiger partial charge is 0.416 e. The molecule has 0 N–H and O–H groups in total. The number of rotatable bonds is 6. The van der Waals surface area contributed by atoms with Gasteiger partial charge < -0.3 is 4.90 Å². The van der Waals surface area contributed by atoms with Crippen LogP contribution in [0.2, 0.25) is 0 Å². The third-order valence-electron chi connectivity index (χ3n) is 6.36. The number of alkyl halides is 3. The second-order valence-corrected chi connectivity index (χ2v) is 9.61. The lowest BCUT2D eigenvalue weighted by Crippen LogP contribution is -2.31. The highest BCUT2D eigenvalue weighted by atomic mass is 32.1. The Morgan fingerprint density at radius 1 is 0.943 bits per heavy atom. The van der Waals surface area contributed by atoms with Gasteiger partial charge in [-0.05, 0) is 61.1 Å². The number of benzene rings is 1. The third kappa shape index (κ3) is 5.37. The van der Waals surface area contributed by atoms with Gasteiger partial charge in [0.2, 0.25) is 0 Å². The lowest BCUT2D eigenvalue weighted by molar-refractivity contribution is -0.137. The first-order valence-electron chi connectivity index (χ1n) is 11.7. The van der Waals surface area contributed by atoms with Crippen LogP contribution in [-0.4, -0.2) is 28.0 Å². The Kier molecular flexibility index (Phi) is 6.81. The molecule has 1 atom stereocenters. The van der Waals surface area contributed by atoms with E-state index in [1.165, 1.54) is 42.7 Å². The fourth-order valence-corrected chi connectivity index (χ4v) is 5.50. The molecule has 1 saturated heterocycles. The molecule has 0 aliphatic carbocycles. The molecule has 4 heterocycles. The van der Waals surface area contributed by atoms with E-state index in [4.69, 9.17) is 9.97 Å². The van der Waals surface area contributed by atoms with Gasteiger partial charge in [-0.3, -0.25) is 4.98 Å². The number of hydrogen-bond acceptors (Lipinski definition) is 5. The molecule has 1 aliphatic heterocycles. The van der Waals surface area contributed by atoms with E-state index in [0.717, 1.165) is 47.2 Å². The zero-order chi connectivity index (χ0) is 24.3. The van der Waals surface area contributed by atoms with Crippen molar-refractivity contribution in [1.29, 1.82) is 0 Å². The van der Waals surface area contributed by atoms with E-state index in [9.17, 15) is 13.2 Å². The van der Waals surface area contributed by atoms with Crippen molar-refractivity contribution >= 4 is 17.2 Å². The average molecular weight is 495 g/mol. The quantitative estimate of drug-likeness (QED) is 0.290. The summed E-state index contributed by atoms with van der Waals surface area (Å²) in [5.74, 6) is 0.991. The second kappa shape index (κ2) is 10.2. The van der Waals surface area contributed by atoms with Crippen molar-refractivity contribution in [2.24, 2.45) is 0 Å². The molecule has 4 nitrogen and oxygen atoms in total. The van der Waals surface area contributed by atoms with E-state index in [1.807, 2.05) is 36.0 Å². The van der Waals surface area contributed by atoms with E-state index >= 15 is 0 Å². The topological polar surface area (TPSA) is 41.9 Å². The van der Waals surface area contributed by atoms with Crippen LogP contribution in [0.4, 0.5) is 19.0 Å². The van der Waals surface area contributed by atoms with Gasteiger partial charge in [-0.15, -0.1) is 11.3 Å². The number of piperidine rings is 1. The first-order valence-corrected chi connectivity index (χ1v) is 12.6. The zero-order valence-corrected chi connectivity index (χ0v) is 19.9. The number of pyridine rings is 2. The molecule has 5 rings (SSSR count). The Labute approximate surface area is 206 Å². The summed E-state index contributed by atoms with van der Waals surface area (Å²) in [4.78, 5) is 16.3. The molecule has 180 valence electrons. The first-order chi connectivity index (χ1) is 17.0. The van der Waals surface area contributed by atoms with Crippen molar-refractivity contribution in [1.82, 2.24) is 15.0 Å². The van der Waals surface area contributed by atoms with E-state index in [0.29, 0.717) is 17.7 Å². The van der Waals surface area contributed by atoms with Crippen LogP contribution < -0.4 is 4.90 Å². The highest BCUT2D eigenvalue weighted by Crippen LogP contribution is 2.36. The standard InChI is InChI=1S/C27H25F3N4S/c28-27(29,30)22-10-8-19(9-11-22)24-18-35-26(33-24)23(21-7-4-12-31-17-21)16-20-6-5-13-32-25(20)34-14-2-1-3-15-34/h4-13,17-18,23H,1-3,14-16H2. The summed E-state index contributed by atoms with van der Waals surface area (Å²) in [6, 6.07) is 13.2. The van der Waals surface area contributed by atoms with Gasteiger partial charge in [-0.1, -0.05) is 24.3 Å². The van der Waals surface area contributed by atoms with Crippen LogP contribution >= 0.6 is 11.3 Å². The fraction of sp³-hybridized carbons (Fsp3) is 0.296. The monoisotopic (exact) mass is 494 g/mol. The van der Waals surface area contributed by atoms with Gasteiger partial charge >= 0.3 is 6.18 Å². The van der Waals surface area contributed by atoms with Crippen molar-refractivity contribution < 1.29 is 13.2 Å². The molecule has 1 fully saturated rings. The Bertz CT molecular complexity index is 1250. The Morgan fingerprint density at radius 3 is 2.43 bits per heavy atom. The van der Waals surface area contributed by atoms with Gasteiger partial charge in [0, 0.05) is 48.5 Å². The van der Waals surface area contributed by atoms with E-state index < -0.39 is 11.7 Å². The highest BCUT2D eigenvalue weighted by Gasteiger charge is 2.30. The molecular weight excluding hydrogens is 469 g/mol. The van der Waals surface area contributed by atoms with Gasteiger partial charge in [0.1, 0.15) is 10.8 Å². The van der Waals surface area contributed by atoms with Crippen molar-refractivity contribution in [2.45, 2.75) is 37.8 Å².